The highest BCUT2D eigenvalue weighted by molar-refractivity contribution is 5.94. The zero-order valence-corrected chi connectivity index (χ0v) is 16.5. The van der Waals surface area contributed by atoms with Crippen LogP contribution in [0.3, 0.4) is 0 Å². The van der Waals surface area contributed by atoms with Gasteiger partial charge in [0.15, 0.2) is 0 Å². The Hall–Kier alpha value is -3.91. The summed E-state index contributed by atoms with van der Waals surface area (Å²) >= 11 is 0. The molecule has 150 valence electrons. The Morgan fingerprint density at radius 1 is 0.900 bits per heavy atom. The second kappa shape index (κ2) is 8.22. The molecule has 8 nitrogen and oxygen atoms in total. The summed E-state index contributed by atoms with van der Waals surface area (Å²) < 4.78 is 5.76. The first-order chi connectivity index (χ1) is 14.5. The molecule has 0 bridgehead atoms. The molecule has 0 fully saturated rings. The molecular formula is C22H19N5O3. The fourth-order valence-corrected chi connectivity index (χ4v) is 2.85. The molecule has 0 aliphatic carbocycles. The lowest BCUT2D eigenvalue weighted by molar-refractivity contribution is 0.0827. The summed E-state index contributed by atoms with van der Waals surface area (Å²) in [5, 5.41) is 17.3. The quantitative estimate of drug-likeness (QED) is 0.548. The maximum Gasteiger partial charge on any atom is 0.268 e. The van der Waals surface area contributed by atoms with Gasteiger partial charge in [-0.2, -0.15) is 0 Å². The van der Waals surface area contributed by atoms with E-state index in [0.717, 1.165) is 16.7 Å². The third-order valence-electron chi connectivity index (χ3n) is 4.50. The average Bonchev–Trinajstić information content (AvgIpc) is 3.29. The van der Waals surface area contributed by atoms with Crippen LogP contribution in [-0.4, -0.2) is 50.2 Å². The Balaban J connectivity index is 1.59. The molecule has 0 aliphatic heterocycles. The van der Waals surface area contributed by atoms with E-state index in [9.17, 15) is 4.79 Å². The number of benzene rings is 2. The van der Waals surface area contributed by atoms with E-state index in [1.54, 1.807) is 50.8 Å². The molecular weight excluding hydrogens is 382 g/mol. The molecule has 1 amide bonds. The van der Waals surface area contributed by atoms with Gasteiger partial charge in [-0.05, 0) is 29.8 Å². The number of carbonyl (C=O) groups is 1. The molecule has 1 N–H and O–H groups in total. The molecule has 30 heavy (non-hydrogen) atoms. The molecule has 0 atom stereocenters. The van der Waals surface area contributed by atoms with Crippen molar-refractivity contribution in [2.24, 2.45) is 0 Å². The maximum absolute atomic E-state index is 12.0. The van der Waals surface area contributed by atoms with Gasteiger partial charge in [0.1, 0.15) is 5.69 Å². The predicted molar refractivity (Wildman–Crippen MR) is 110 cm³/mol. The molecule has 4 rings (SSSR count). The maximum atomic E-state index is 12.0. The Morgan fingerprint density at radius 3 is 2.20 bits per heavy atom. The minimum absolute atomic E-state index is 0.0258. The van der Waals surface area contributed by atoms with Crippen LogP contribution in [0.5, 0.6) is 0 Å². The second-order valence-electron chi connectivity index (χ2n) is 6.83. The number of aromatic nitrogens is 4. The third-order valence-corrected chi connectivity index (χ3v) is 4.50. The van der Waals surface area contributed by atoms with E-state index in [1.807, 2.05) is 24.3 Å². The molecule has 0 spiro atoms. The highest BCUT2D eigenvalue weighted by Crippen LogP contribution is 2.25. The molecule has 4 aromatic rings. The lowest BCUT2D eigenvalue weighted by Gasteiger charge is -2.10. The summed E-state index contributed by atoms with van der Waals surface area (Å²) in [5.74, 6) is 0.546. The van der Waals surface area contributed by atoms with Gasteiger partial charge >= 0.3 is 0 Å². The van der Waals surface area contributed by atoms with E-state index < -0.39 is 0 Å². The number of carbonyl (C=O) groups excluding carboxylic acids is 1. The summed E-state index contributed by atoms with van der Waals surface area (Å²) in [5.41, 5.74) is 4.04. The van der Waals surface area contributed by atoms with E-state index in [2.05, 4.69) is 20.2 Å². The van der Waals surface area contributed by atoms with E-state index in [-0.39, 0.29) is 18.4 Å². The monoisotopic (exact) mass is 401 g/mol. The Labute approximate surface area is 172 Å². The number of aliphatic hydroxyl groups excluding tert-OH is 1. The van der Waals surface area contributed by atoms with Gasteiger partial charge in [-0.25, -0.2) is 4.98 Å². The predicted octanol–water partition coefficient (Wildman–Crippen LogP) is 3.05. The molecule has 2 heterocycles. The summed E-state index contributed by atoms with van der Waals surface area (Å²) in [6, 6.07) is 14.4. The number of hydrogen-bond acceptors (Lipinski definition) is 7. The van der Waals surface area contributed by atoms with Crippen molar-refractivity contribution in [1.29, 1.82) is 0 Å². The Bertz CT molecular complexity index is 1170. The van der Waals surface area contributed by atoms with E-state index >= 15 is 0 Å². The van der Waals surface area contributed by atoms with Crippen LogP contribution >= 0.6 is 0 Å². The summed E-state index contributed by atoms with van der Waals surface area (Å²) in [7, 11) is 3.43. The average molecular weight is 401 g/mol. The Morgan fingerprint density at radius 2 is 1.53 bits per heavy atom. The normalized spacial score (nSPS) is 10.8. The van der Waals surface area contributed by atoms with Crippen LogP contribution in [-0.2, 0) is 6.61 Å². The molecule has 0 unspecified atom stereocenters. The van der Waals surface area contributed by atoms with E-state index in [1.165, 1.54) is 4.90 Å². The van der Waals surface area contributed by atoms with Gasteiger partial charge < -0.3 is 14.4 Å². The van der Waals surface area contributed by atoms with Crippen molar-refractivity contribution in [3.05, 3.63) is 72.1 Å². The lowest BCUT2D eigenvalue weighted by Crippen LogP contribution is -2.21. The van der Waals surface area contributed by atoms with Crippen molar-refractivity contribution in [2.75, 3.05) is 14.1 Å². The van der Waals surface area contributed by atoms with Crippen LogP contribution in [0.4, 0.5) is 0 Å². The zero-order valence-electron chi connectivity index (χ0n) is 16.5. The summed E-state index contributed by atoms with van der Waals surface area (Å²) in [4.78, 5) is 22.4. The second-order valence-corrected chi connectivity index (χ2v) is 6.83. The first kappa shape index (κ1) is 19.4. The minimum Gasteiger partial charge on any atom is -0.415 e. The number of aliphatic hydroxyl groups is 1. The van der Waals surface area contributed by atoms with Crippen LogP contribution < -0.4 is 0 Å². The fraction of sp³-hybridized carbons (Fsp3) is 0.136. The van der Waals surface area contributed by atoms with E-state index in [4.69, 9.17) is 9.52 Å². The van der Waals surface area contributed by atoms with Crippen molar-refractivity contribution in [3.63, 3.8) is 0 Å². The molecule has 2 aromatic heterocycles. The molecule has 0 saturated heterocycles. The van der Waals surface area contributed by atoms with Crippen LogP contribution in [0.25, 0.3) is 34.3 Å². The number of nitrogens with zero attached hydrogens (tertiary/aromatic N) is 5. The molecule has 0 saturated carbocycles. The number of rotatable bonds is 5. The largest absolute Gasteiger partial charge is 0.415 e. The summed E-state index contributed by atoms with van der Waals surface area (Å²) in [6.07, 6.45) is 3.19. The van der Waals surface area contributed by atoms with Crippen molar-refractivity contribution >= 4 is 5.91 Å². The molecule has 0 radical (unpaired) electrons. The summed E-state index contributed by atoms with van der Waals surface area (Å²) in [6.45, 7) is -0.0258. The molecule has 0 aliphatic rings. The van der Waals surface area contributed by atoms with Crippen LogP contribution in [0.1, 0.15) is 15.9 Å². The van der Waals surface area contributed by atoms with Gasteiger partial charge in [0.05, 0.1) is 24.7 Å². The number of hydrogen-bond donors (Lipinski definition) is 1. The van der Waals surface area contributed by atoms with E-state index in [0.29, 0.717) is 22.8 Å². The van der Waals surface area contributed by atoms with Gasteiger partial charge in [0, 0.05) is 30.8 Å². The van der Waals surface area contributed by atoms with Crippen LogP contribution in [0, 0.1) is 0 Å². The van der Waals surface area contributed by atoms with Crippen molar-refractivity contribution in [1.82, 2.24) is 25.1 Å². The number of amides is 1. The lowest BCUT2D eigenvalue weighted by atomic mass is 10.1. The SMILES string of the molecule is CN(C)C(=O)c1ccc(-c2cncc(-c3nnc(-c4ccc(CO)cc4)o3)n2)cc1. The van der Waals surface area contributed by atoms with Crippen LogP contribution in [0.2, 0.25) is 0 Å². The highest BCUT2D eigenvalue weighted by Gasteiger charge is 2.14. The van der Waals surface area contributed by atoms with Gasteiger partial charge in [-0.3, -0.25) is 9.78 Å². The zero-order chi connectivity index (χ0) is 21.1. The highest BCUT2D eigenvalue weighted by atomic mass is 16.4. The van der Waals surface area contributed by atoms with Gasteiger partial charge in [-0.15, -0.1) is 10.2 Å². The van der Waals surface area contributed by atoms with Gasteiger partial charge in [0.25, 0.3) is 11.8 Å². The Kier molecular flexibility index (Phi) is 5.32. The van der Waals surface area contributed by atoms with Crippen LogP contribution in [0.15, 0.2) is 65.3 Å². The molecule has 2 aromatic carbocycles. The first-order valence-electron chi connectivity index (χ1n) is 9.23. The fourth-order valence-electron chi connectivity index (χ4n) is 2.85. The third kappa shape index (κ3) is 3.94. The van der Waals surface area contributed by atoms with Crippen molar-refractivity contribution < 1.29 is 14.3 Å². The topological polar surface area (TPSA) is 105 Å². The minimum atomic E-state index is -0.0632. The van der Waals surface area contributed by atoms with Gasteiger partial charge in [0.2, 0.25) is 5.89 Å². The standard InChI is InChI=1S/C22H19N5O3/c1-27(2)22(29)17-9-7-15(8-10-17)18-11-23-12-19(24-18)21-26-25-20(30-21)16-5-3-14(13-28)4-6-16/h3-12,28H,13H2,1-2H3. The van der Waals surface area contributed by atoms with Crippen molar-refractivity contribution in [3.8, 4) is 34.3 Å². The molecule has 8 heteroatoms. The van der Waals surface area contributed by atoms with Crippen molar-refractivity contribution in [2.45, 2.75) is 6.61 Å². The smallest absolute Gasteiger partial charge is 0.268 e. The van der Waals surface area contributed by atoms with Gasteiger partial charge in [-0.1, -0.05) is 24.3 Å². The first-order valence-corrected chi connectivity index (χ1v) is 9.23.